The molecule has 1 amide bonds. The van der Waals surface area contributed by atoms with Gasteiger partial charge in [0.15, 0.2) is 17.5 Å². The van der Waals surface area contributed by atoms with E-state index >= 15 is 4.39 Å². The normalized spacial score (nSPS) is 23.3. The summed E-state index contributed by atoms with van der Waals surface area (Å²) < 4.78 is 35.4. The van der Waals surface area contributed by atoms with E-state index in [2.05, 4.69) is 20.3 Å². The Morgan fingerprint density at radius 1 is 1.16 bits per heavy atom. The molecule has 0 radical (unpaired) electrons. The van der Waals surface area contributed by atoms with Crippen LogP contribution in [0.1, 0.15) is 43.1 Å². The number of nitrogens with two attached hydrogens (primary N) is 1. The highest BCUT2D eigenvalue weighted by Crippen LogP contribution is 2.44. The molecule has 37 heavy (non-hydrogen) atoms. The average molecular weight is 527 g/mol. The summed E-state index contributed by atoms with van der Waals surface area (Å²) >= 11 is 5.97. The Morgan fingerprint density at radius 2 is 2.03 bits per heavy atom. The number of amides is 1. The lowest BCUT2D eigenvalue weighted by Gasteiger charge is -2.33. The molecule has 0 saturated carbocycles. The number of aromatic nitrogens is 3. The molecule has 2 saturated heterocycles. The largest absolute Gasteiger partial charge is 0.398 e. The molecule has 3 aliphatic rings. The molecular formula is C26H25ClF2N6O2. The van der Waals surface area contributed by atoms with Crippen LogP contribution in [0.4, 0.5) is 20.3 Å². The van der Waals surface area contributed by atoms with Gasteiger partial charge in [-0.25, -0.2) is 18.7 Å². The zero-order chi connectivity index (χ0) is 25.7. The summed E-state index contributed by atoms with van der Waals surface area (Å²) in [5, 5.41) is 3.07. The van der Waals surface area contributed by atoms with Crippen LogP contribution >= 0.6 is 11.6 Å². The standard InChI is InChI=1S/C26H25ClF2N6O2/c27-17-2-3-18(30)22(24(17)29)13-9-15-1-4-20(35(15)21(36)10-13)25-32-11-19(34-25)16-5-7-31-26(23(16)28)33-14-6-8-37-12-14/h2-3,5,7,10-11,14-15,20H,1,4,6,8-9,12,30H2,(H,31,33)(H,32,34)/t14-,15?,20-/m0/s1. The highest BCUT2D eigenvalue weighted by Gasteiger charge is 2.42. The number of ether oxygens (including phenoxy) is 1. The summed E-state index contributed by atoms with van der Waals surface area (Å²) in [5.74, 6) is -0.594. The van der Waals surface area contributed by atoms with E-state index in [1.165, 1.54) is 12.1 Å². The maximum atomic E-state index is 15.3. The molecule has 192 valence electrons. The number of rotatable bonds is 5. The minimum absolute atomic E-state index is 0.0174. The van der Waals surface area contributed by atoms with E-state index in [4.69, 9.17) is 22.1 Å². The van der Waals surface area contributed by atoms with Gasteiger partial charge in [0.05, 0.1) is 35.6 Å². The minimum Gasteiger partial charge on any atom is -0.398 e. The van der Waals surface area contributed by atoms with Crippen molar-refractivity contribution in [1.29, 1.82) is 0 Å². The number of carbonyl (C=O) groups is 1. The quantitative estimate of drug-likeness (QED) is 0.416. The first-order valence-electron chi connectivity index (χ1n) is 12.2. The van der Waals surface area contributed by atoms with E-state index in [0.717, 1.165) is 6.42 Å². The number of nitrogen functional groups attached to an aromatic ring is 1. The van der Waals surface area contributed by atoms with Crippen LogP contribution in [0, 0.1) is 11.6 Å². The van der Waals surface area contributed by atoms with Crippen LogP contribution in [0.5, 0.6) is 0 Å². The third kappa shape index (κ3) is 4.23. The number of pyridine rings is 1. The number of anilines is 2. The second-order valence-electron chi connectivity index (χ2n) is 9.60. The molecule has 3 aliphatic heterocycles. The fourth-order valence-corrected chi connectivity index (χ4v) is 5.68. The number of fused-ring (bicyclic) bond motifs is 1. The first-order valence-corrected chi connectivity index (χ1v) is 12.6. The molecule has 0 bridgehead atoms. The molecule has 0 spiro atoms. The van der Waals surface area contributed by atoms with Gasteiger partial charge in [-0.15, -0.1) is 0 Å². The number of carbonyl (C=O) groups excluding carboxylic acids is 1. The van der Waals surface area contributed by atoms with Gasteiger partial charge in [0, 0.05) is 41.7 Å². The summed E-state index contributed by atoms with van der Waals surface area (Å²) in [5.41, 5.74) is 7.83. The smallest absolute Gasteiger partial charge is 0.247 e. The Bertz CT molecular complexity index is 1400. The molecule has 3 aromatic rings. The van der Waals surface area contributed by atoms with E-state index in [9.17, 15) is 9.18 Å². The zero-order valence-corrected chi connectivity index (χ0v) is 20.6. The molecule has 5 heterocycles. The van der Waals surface area contributed by atoms with Gasteiger partial charge >= 0.3 is 0 Å². The number of benzene rings is 1. The molecule has 0 aliphatic carbocycles. The number of nitrogens with one attached hydrogen (secondary N) is 2. The van der Waals surface area contributed by atoms with Crippen molar-refractivity contribution in [2.24, 2.45) is 0 Å². The summed E-state index contributed by atoms with van der Waals surface area (Å²) in [7, 11) is 0. The van der Waals surface area contributed by atoms with Crippen LogP contribution in [0.2, 0.25) is 5.02 Å². The van der Waals surface area contributed by atoms with Crippen LogP contribution in [-0.4, -0.2) is 51.1 Å². The minimum atomic E-state index is -0.618. The van der Waals surface area contributed by atoms with E-state index in [-0.39, 0.29) is 46.1 Å². The number of imidazole rings is 1. The van der Waals surface area contributed by atoms with Crippen molar-refractivity contribution in [3.05, 3.63) is 64.7 Å². The topological polar surface area (TPSA) is 109 Å². The Labute approximate surface area is 216 Å². The molecule has 1 aromatic carbocycles. The van der Waals surface area contributed by atoms with Crippen molar-refractivity contribution >= 4 is 34.6 Å². The predicted octanol–water partition coefficient (Wildman–Crippen LogP) is 4.71. The SMILES string of the molecule is Nc1ccc(Cl)c(F)c1C1=CC(=O)N2C(CC[C@H]2c2ncc(-c3ccnc(N[C@H]4CCOC4)c3F)[nH]2)C1. The predicted molar refractivity (Wildman–Crippen MR) is 136 cm³/mol. The molecule has 8 nitrogen and oxygen atoms in total. The molecule has 2 fully saturated rings. The third-order valence-electron chi connectivity index (χ3n) is 7.32. The van der Waals surface area contributed by atoms with Crippen molar-refractivity contribution in [3.63, 3.8) is 0 Å². The zero-order valence-electron chi connectivity index (χ0n) is 19.8. The van der Waals surface area contributed by atoms with Gasteiger partial charge in [0.1, 0.15) is 5.82 Å². The van der Waals surface area contributed by atoms with Gasteiger partial charge in [0.2, 0.25) is 5.91 Å². The first kappa shape index (κ1) is 23.9. The molecule has 4 N–H and O–H groups in total. The van der Waals surface area contributed by atoms with Crippen molar-refractivity contribution in [3.8, 4) is 11.3 Å². The second kappa shape index (κ2) is 9.42. The van der Waals surface area contributed by atoms with Crippen molar-refractivity contribution in [1.82, 2.24) is 19.9 Å². The number of hydrogen-bond donors (Lipinski definition) is 3. The third-order valence-corrected chi connectivity index (χ3v) is 7.61. The highest BCUT2D eigenvalue weighted by atomic mass is 35.5. The van der Waals surface area contributed by atoms with Gasteiger partial charge < -0.3 is 25.7 Å². The maximum absolute atomic E-state index is 15.3. The molecule has 2 aromatic heterocycles. The lowest BCUT2D eigenvalue weighted by molar-refractivity contribution is -0.129. The Hall–Kier alpha value is -3.50. The molecule has 3 atom stereocenters. The Balaban J connectivity index is 1.25. The highest BCUT2D eigenvalue weighted by molar-refractivity contribution is 6.31. The van der Waals surface area contributed by atoms with Crippen LogP contribution in [0.25, 0.3) is 16.8 Å². The number of nitrogens with zero attached hydrogens (tertiary/aromatic N) is 3. The van der Waals surface area contributed by atoms with Gasteiger partial charge in [-0.2, -0.15) is 0 Å². The summed E-state index contributed by atoms with van der Waals surface area (Å²) in [6, 6.07) is 4.12. The van der Waals surface area contributed by atoms with Crippen LogP contribution < -0.4 is 11.1 Å². The van der Waals surface area contributed by atoms with Gasteiger partial charge in [-0.1, -0.05) is 11.6 Å². The Kier molecular flexibility index (Phi) is 6.08. The summed E-state index contributed by atoms with van der Waals surface area (Å²) in [6.07, 6.45) is 7.18. The summed E-state index contributed by atoms with van der Waals surface area (Å²) in [4.78, 5) is 26.8. The lowest BCUT2D eigenvalue weighted by Crippen LogP contribution is -2.39. The van der Waals surface area contributed by atoms with Gasteiger partial charge in [0.25, 0.3) is 0 Å². The molecule has 11 heteroatoms. The number of halogens is 3. The fraction of sp³-hybridized carbons (Fsp3) is 0.346. The van der Waals surface area contributed by atoms with Crippen LogP contribution in [-0.2, 0) is 9.53 Å². The second-order valence-corrected chi connectivity index (χ2v) is 10.0. The van der Waals surface area contributed by atoms with E-state index in [1.807, 2.05) is 0 Å². The van der Waals surface area contributed by atoms with E-state index in [0.29, 0.717) is 55.1 Å². The van der Waals surface area contributed by atoms with Crippen molar-refractivity contribution in [2.75, 3.05) is 24.3 Å². The van der Waals surface area contributed by atoms with Gasteiger partial charge in [-0.3, -0.25) is 4.79 Å². The number of aromatic amines is 1. The molecular weight excluding hydrogens is 502 g/mol. The van der Waals surface area contributed by atoms with E-state index in [1.54, 1.807) is 29.4 Å². The Morgan fingerprint density at radius 3 is 2.84 bits per heavy atom. The van der Waals surface area contributed by atoms with Crippen LogP contribution in [0.3, 0.4) is 0 Å². The monoisotopic (exact) mass is 526 g/mol. The van der Waals surface area contributed by atoms with E-state index < -0.39 is 11.6 Å². The van der Waals surface area contributed by atoms with Gasteiger partial charge in [-0.05, 0) is 49.5 Å². The van der Waals surface area contributed by atoms with Crippen LogP contribution in [0.15, 0.2) is 36.7 Å². The number of hydrogen-bond acceptors (Lipinski definition) is 6. The molecule has 1 unspecified atom stereocenters. The average Bonchev–Trinajstić information content (AvgIpc) is 3.64. The fourth-order valence-electron chi connectivity index (χ4n) is 5.52. The van der Waals surface area contributed by atoms with Crippen molar-refractivity contribution < 1.29 is 18.3 Å². The van der Waals surface area contributed by atoms with Crippen molar-refractivity contribution in [2.45, 2.75) is 43.8 Å². The summed E-state index contributed by atoms with van der Waals surface area (Å²) in [6.45, 7) is 1.15. The first-order chi connectivity index (χ1) is 17.9. The molecule has 6 rings (SSSR count). The number of H-pyrrole nitrogens is 1. The lowest BCUT2D eigenvalue weighted by atomic mass is 9.92. The maximum Gasteiger partial charge on any atom is 0.247 e.